The Morgan fingerprint density at radius 1 is 0.808 bits per heavy atom. The molecule has 1 aliphatic carbocycles. The Morgan fingerprint density at radius 2 is 1.31 bits per heavy atom. The molecule has 0 aromatic heterocycles. The third kappa shape index (κ3) is 2.98. The van der Waals surface area contributed by atoms with Crippen molar-refractivity contribution in [2.75, 3.05) is 0 Å². The predicted molar refractivity (Wildman–Crippen MR) is 113 cm³/mol. The predicted octanol–water partition coefficient (Wildman–Crippen LogP) is 7.01. The second kappa shape index (κ2) is 6.76. The van der Waals surface area contributed by atoms with Crippen molar-refractivity contribution < 1.29 is 0 Å². The monoisotopic (exact) mass is 400 g/mol. The normalized spacial score (nSPS) is 21.2. The highest BCUT2D eigenvalue weighted by Gasteiger charge is 2.54. The van der Waals surface area contributed by atoms with Crippen molar-refractivity contribution >= 4 is 21.5 Å². The van der Waals surface area contributed by atoms with Gasteiger partial charge in [-0.15, -0.1) is 5.73 Å². The van der Waals surface area contributed by atoms with E-state index in [-0.39, 0.29) is 5.41 Å². The summed E-state index contributed by atoms with van der Waals surface area (Å²) in [6.45, 7) is 4.63. The van der Waals surface area contributed by atoms with Gasteiger partial charge in [0.2, 0.25) is 0 Å². The van der Waals surface area contributed by atoms with Gasteiger partial charge >= 0.3 is 0 Å². The first-order valence-corrected chi connectivity index (χ1v) is 9.78. The molecule has 4 rings (SSSR count). The largest absolute Gasteiger partial charge is 0.111 e. The van der Waals surface area contributed by atoms with Crippen molar-refractivity contribution in [1.29, 1.82) is 0 Å². The molecule has 128 valence electrons. The van der Waals surface area contributed by atoms with E-state index < -0.39 is 0 Å². The summed E-state index contributed by atoms with van der Waals surface area (Å²) >= 11 is 3.54. The Bertz CT molecular complexity index is 936. The molecule has 0 N–H and O–H groups in total. The van der Waals surface area contributed by atoms with Crippen molar-refractivity contribution in [1.82, 2.24) is 0 Å². The number of halogens is 1. The molecule has 0 aliphatic heterocycles. The Kier molecular flexibility index (Phi) is 4.44. The molecule has 0 saturated heterocycles. The maximum absolute atomic E-state index is 3.80. The smallest absolute Gasteiger partial charge is 0.0309 e. The van der Waals surface area contributed by atoms with Gasteiger partial charge in [-0.05, 0) is 40.3 Å². The minimum Gasteiger partial charge on any atom is -0.111 e. The zero-order chi connectivity index (χ0) is 18.1. The molecule has 1 saturated carbocycles. The average Bonchev–Trinajstić information content (AvgIpc) is 3.22. The maximum Gasteiger partial charge on any atom is 0.0309 e. The highest BCUT2D eigenvalue weighted by Crippen LogP contribution is 2.59. The van der Waals surface area contributed by atoms with Gasteiger partial charge in [0.15, 0.2) is 0 Å². The van der Waals surface area contributed by atoms with Gasteiger partial charge in [0.25, 0.3) is 0 Å². The summed E-state index contributed by atoms with van der Waals surface area (Å²) in [7, 11) is 0. The number of hydrogen-bond acceptors (Lipinski definition) is 0. The Balaban J connectivity index is 1.88. The van der Waals surface area contributed by atoms with E-state index in [0.717, 1.165) is 4.47 Å². The van der Waals surface area contributed by atoms with E-state index in [9.17, 15) is 0 Å². The molecule has 0 nitrogen and oxygen atoms in total. The fourth-order valence-electron chi connectivity index (χ4n) is 3.72. The van der Waals surface area contributed by atoms with Crippen LogP contribution in [0.2, 0.25) is 0 Å². The quantitative estimate of drug-likeness (QED) is 0.414. The summed E-state index contributed by atoms with van der Waals surface area (Å²) in [6.07, 6.45) is 0. The lowest BCUT2D eigenvalue weighted by Gasteiger charge is -2.09. The number of hydrogen-bond donors (Lipinski definition) is 0. The third-order valence-electron chi connectivity index (χ3n) is 5.60. The van der Waals surface area contributed by atoms with Gasteiger partial charge in [-0.2, -0.15) is 0 Å². The highest BCUT2D eigenvalue weighted by molar-refractivity contribution is 9.10. The first kappa shape index (κ1) is 17.1. The van der Waals surface area contributed by atoms with Crippen molar-refractivity contribution in [3.8, 4) is 0 Å². The van der Waals surface area contributed by atoms with Gasteiger partial charge < -0.3 is 0 Å². The van der Waals surface area contributed by atoms with Gasteiger partial charge in [0, 0.05) is 15.5 Å². The average molecular weight is 401 g/mol. The molecule has 1 heteroatoms. The second-order valence-corrected chi connectivity index (χ2v) is 7.99. The number of benzene rings is 3. The third-order valence-corrected chi connectivity index (χ3v) is 6.13. The Labute approximate surface area is 164 Å². The first-order valence-electron chi connectivity index (χ1n) is 8.99. The van der Waals surface area contributed by atoms with Crippen LogP contribution < -0.4 is 0 Å². The SMILES string of the molecule is C[C@@H]1C(=C=C(c2ccccc2)c2ccccc2)[C@]1(C)c1ccc(Br)cc1. The topological polar surface area (TPSA) is 0 Å². The summed E-state index contributed by atoms with van der Waals surface area (Å²) in [4.78, 5) is 0. The Morgan fingerprint density at radius 3 is 1.81 bits per heavy atom. The molecule has 0 heterocycles. The van der Waals surface area contributed by atoms with Gasteiger partial charge in [-0.25, -0.2) is 0 Å². The van der Waals surface area contributed by atoms with E-state index in [0.29, 0.717) is 5.92 Å². The fraction of sp³-hybridized carbons (Fsp3) is 0.160. The van der Waals surface area contributed by atoms with E-state index in [1.807, 2.05) is 0 Å². The molecule has 26 heavy (non-hydrogen) atoms. The molecule has 3 aromatic carbocycles. The van der Waals surface area contributed by atoms with Crippen molar-refractivity contribution in [3.05, 3.63) is 117 Å². The fourth-order valence-corrected chi connectivity index (χ4v) is 3.98. The molecular formula is C25H21Br. The molecule has 0 amide bonds. The van der Waals surface area contributed by atoms with Gasteiger partial charge in [0.1, 0.15) is 0 Å². The van der Waals surface area contributed by atoms with Crippen molar-refractivity contribution in [2.24, 2.45) is 5.92 Å². The van der Waals surface area contributed by atoms with Gasteiger partial charge in [0.05, 0.1) is 0 Å². The molecule has 1 fully saturated rings. The van der Waals surface area contributed by atoms with Crippen LogP contribution in [0.4, 0.5) is 0 Å². The molecule has 0 unspecified atom stereocenters. The molecule has 1 aliphatic rings. The minimum atomic E-state index is 0.0650. The van der Waals surface area contributed by atoms with Crippen LogP contribution in [0, 0.1) is 5.92 Å². The zero-order valence-corrected chi connectivity index (χ0v) is 16.6. The van der Waals surface area contributed by atoms with Crippen LogP contribution >= 0.6 is 15.9 Å². The standard InChI is InChI=1S/C25H21Br/c1-18-24(25(18,2)21-13-15-22(26)16-14-21)17-23(19-9-5-3-6-10-19)20-11-7-4-8-12-20/h3-16,18H,1-2H3/t18-,25+/m1/s1. The van der Waals surface area contributed by atoms with Gasteiger partial charge in [-0.1, -0.05) is 103 Å². The molecule has 2 atom stereocenters. The van der Waals surface area contributed by atoms with E-state index in [4.69, 9.17) is 0 Å². The summed E-state index contributed by atoms with van der Waals surface area (Å²) < 4.78 is 1.12. The van der Waals surface area contributed by atoms with Crippen LogP contribution in [0.5, 0.6) is 0 Å². The summed E-state index contributed by atoms with van der Waals surface area (Å²) in [5.41, 5.74) is 10.2. The lowest BCUT2D eigenvalue weighted by molar-refractivity contribution is 0.706. The minimum absolute atomic E-state index is 0.0650. The van der Waals surface area contributed by atoms with Crippen LogP contribution in [0.1, 0.15) is 30.5 Å². The lowest BCUT2D eigenvalue weighted by Crippen LogP contribution is -2.02. The van der Waals surface area contributed by atoms with Crippen LogP contribution in [0.3, 0.4) is 0 Å². The molecule has 0 radical (unpaired) electrons. The zero-order valence-electron chi connectivity index (χ0n) is 15.0. The van der Waals surface area contributed by atoms with E-state index in [1.54, 1.807) is 0 Å². The molecule has 0 spiro atoms. The van der Waals surface area contributed by atoms with Crippen molar-refractivity contribution in [3.63, 3.8) is 0 Å². The summed E-state index contributed by atoms with van der Waals surface area (Å²) in [6, 6.07) is 29.9. The molecular weight excluding hydrogens is 380 g/mol. The van der Waals surface area contributed by atoms with E-state index >= 15 is 0 Å². The first-order chi connectivity index (χ1) is 12.6. The van der Waals surface area contributed by atoms with Gasteiger partial charge in [-0.3, -0.25) is 0 Å². The van der Waals surface area contributed by atoms with Crippen LogP contribution in [0.25, 0.3) is 5.57 Å². The highest BCUT2D eigenvalue weighted by atomic mass is 79.9. The molecule has 3 aromatic rings. The summed E-state index contributed by atoms with van der Waals surface area (Å²) in [5, 5.41) is 0. The van der Waals surface area contributed by atoms with E-state index in [1.165, 1.54) is 27.8 Å². The van der Waals surface area contributed by atoms with Crippen LogP contribution in [-0.2, 0) is 5.41 Å². The second-order valence-electron chi connectivity index (χ2n) is 7.08. The van der Waals surface area contributed by atoms with Crippen LogP contribution in [-0.4, -0.2) is 0 Å². The lowest BCUT2D eigenvalue weighted by atomic mass is 9.94. The summed E-state index contributed by atoms with van der Waals surface area (Å²) in [5.74, 6) is 0.492. The van der Waals surface area contributed by atoms with E-state index in [2.05, 4.69) is 120 Å². The number of rotatable bonds is 3. The maximum atomic E-state index is 3.80. The Hall–Kier alpha value is -2.34. The number of allylic oxidation sites excluding steroid dienone is 1. The van der Waals surface area contributed by atoms with Crippen molar-refractivity contribution in [2.45, 2.75) is 19.3 Å². The van der Waals surface area contributed by atoms with Crippen LogP contribution in [0.15, 0.2) is 101 Å². The molecule has 0 bridgehead atoms.